The summed E-state index contributed by atoms with van der Waals surface area (Å²) in [6, 6.07) is 16.7. The third-order valence-corrected chi connectivity index (χ3v) is 4.38. The van der Waals surface area contributed by atoms with E-state index in [9.17, 15) is 14.4 Å². The molecule has 7 heteroatoms. The third-order valence-electron chi connectivity index (χ3n) is 4.38. The Kier molecular flexibility index (Phi) is 8.21. The second-order valence-corrected chi connectivity index (χ2v) is 7.08. The topological polar surface area (TPSA) is 111 Å². The van der Waals surface area contributed by atoms with E-state index in [1.54, 1.807) is 13.8 Å². The van der Waals surface area contributed by atoms with Gasteiger partial charge in [-0.05, 0) is 17.0 Å². The first-order chi connectivity index (χ1) is 13.9. The average Bonchev–Trinajstić information content (AvgIpc) is 2.71. The molecule has 0 spiro atoms. The molecule has 2 aromatic carbocycles. The lowest BCUT2D eigenvalue weighted by Gasteiger charge is -2.24. The van der Waals surface area contributed by atoms with E-state index in [1.807, 2.05) is 60.7 Å². The van der Waals surface area contributed by atoms with Crippen LogP contribution < -0.4 is 16.4 Å². The number of carbonyl (C=O) groups is 3. The van der Waals surface area contributed by atoms with Gasteiger partial charge in [0, 0.05) is 6.42 Å². The lowest BCUT2D eigenvalue weighted by molar-refractivity contribution is -0.129. The van der Waals surface area contributed by atoms with Crippen molar-refractivity contribution in [2.45, 2.75) is 39.0 Å². The first-order valence-electron chi connectivity index (χ1n) is 9.47. The van der Waals surface area contributed by atoms with Gasteiger partial charge in [-0.25, -0.2) is 4.79 Å². The van der Waals surface area contributed by atoms with Gasteiger partial charge in [-0.2, -0.15) is 0 Å². The molecule has 0 aliphatic rings. The predicted molar refractivity (Wildman–Crippen MR) is 110 cm³/mol. The molecule has 0 aliphatic carbocycles. The van der Waals surface area contributed by atoms with Crippen molar-refractivity contribution in [2.75, 3.05) is 0 Å². The molecule has 0 radical (unpaired) electrons. The van der Waals surface area contributed by atoms with Gasteiger partial charge in [-0.1, -0.05) is 74.5 Å². The third kappa shape index (κ3) is 7.29. The van der Waals surface area contributed by atoms with Crippen LogP contribution in [0.2, 0.25) is 0 Å². The Balaban J connectivity index is 1.96. The van der Waals surface area contributed by atoms with Gasteiger partial charge in [-0.15, -0.1) is 0 Å². The summed E-state index contributed by atoms with van der Waals surface area (Å²) in [5, 5.41) is 5.21. The highest BCUT2D eigenvalue weighted by Crippen LogP contribution is 2.07. The number of primary amides is 1. The summed E-state index contributed by atoms with van der Waals surface area (Å²) < 4.78 is 5.19. The molecule has 0 aromatic heterocycles. The lowest BCUT2D eigenvalue weighted by Crippen LogP contribution is -2.55. The Morgan fingerprint density at radius 2 is 1.45 bits per heavy atom. The molecule has 0 heterocycles. The smallest absolute Gasteiger partial charge is 0.408 e. The minimum absolute atomic E-state index is 0.0943. The first-order valence-corrected chi connectivity index (χ1v) is 9.47. The Bertz CT molecular complexity index is 809. The van der Waals surface area contributed by atoms with E-state index in [4.69, 9.17) is 10.5 Å². The highest BCUT2D eigenvalue weighted by atomic mass is 16.5. The van der Waals surface area contributed by atoms with E-state index in [0.717, 1.165) is 11.1 Å². The zero-order valence-electron chi connectivity index (χ0n) is 16.6. The van der Waals surface area contributed by atoms with Gasteiger partial charge >= 0.3 is 6.09 Å². The SMILES string of the molecule is CC(C)[C@@H](NC(=O)OCc1ccccc1)C(=O)N[C@H](Cc1ccccc1)C(N)=O. The van der Waals surface area contributed by atoms with E-state index >= 15 is 0 Å². The van der Waals surface area contributed by atoms with Crippen molar-refractivity contribution < 1.29 is 19.1 Å². The van der Waals surface area contributed by atoms with Crippen LogP contribution in [0.15, 0.2) is 60.7 Å². The predicted octanol–water partition coefficient (Wildman–Crippen LogP) is 2.15. The molecular weight excluding hydrogens is 370 g/mol. The molecule has 0 aliphatic heterocycles. The highest BCUT2D eigenvalue weighted by molar-refractivity contribution is 5.91. The van der Waals surface area contributed by atoms with Crippen molar-refractivity contribution in [3.63, 3.8) is 0 Å². The van der Waals surface area contributed by atoms with Gasteiger partial charge in [0.15, 0.2) is 0 Å². The number of hydrogen-bond donors (Lipinski definition) is 3. The number of ether oxygens (including phenoxy) is 1. The summed E-state index contributed by atoms with van der Waals surface area (Å²) >= 11 is 0. The number of alkyl carbamates (subject to hydrolysis) is 1. The Morgan fingerprint density at radius 3 is 1.97 bits per heavy atom. The van der Waals surface area contributed by atoms with Crippen molar-refractivity contribution in [3.8, 4) is 0 Å². The van der Waals surface area contributed by atoms with Gasteiger partial charge in [0.05, 0.1) is 0 Å². The van der Waals surface area contributed by atoms with Crippen LogP contribution in [0.5, 0.6) is 0 Å². The second-order valence-electron chi connectivity index (χ2n) is 7.08. The van der Waals surface area contributed by atoms with Crippen LogP contribution in [0.4, 0.5) is 4.79 Å². The fourth-order valence-corrected chi connectivity index (χ4v) is 2.76. The molecule has 2 aromatic rings. The summed E-state index contributed by atoms with van der Waals surface area (Å²) in [7, 11) is 0. The van der Waals surface area contributed by atoms with Gasteiger partial charge in [0.25, 0.3) is 0 Å². The summed E-state index contributed by atoms with van der Waals surface area (Å²) in [5.74, 6) is -1.35. The van der Waals surface area contributed by atoms with Crippen molar-refractivity contribution >= 4 is 17.9 Å². The van der Waals surface area contributed by atoms with Crippen LogP contribution in [0.25, 0.3) is 0 Å². The zero-order valence-corrected chi connectivity index (χ0v) is 16.6. The minimum atomic E-state index is -0.881. The number of amides is 3. The van der Waals surface area contributed by atoms with E-state index in [1.165, 1.54) is 0 Å². The monoisotopic (exact) mass is 397 g/mol. The number of nitrogens with two attached hydrogens (primary N) is 1. The van der Waals surface area contributed by atoms with Crippen LogP contribution in [-0.2, 0) is 27.4 Å². The van der Waals surface area contributed by atoms with E-state index < -0.39 is 30.0 Å². The van der Waals surface area contributed by atoms with Crippen LogP contribution in [0, 0.1) is 5.92 Å². The fraction of sp³-hybridized carbons (Fsp3) is 0.318. The largest absolute Gasteiger partial charge is 0.445 e. The lowest BCUT2D eigenvalue weighted by atomic mass is 10.0. The van der Waals surface area contributed by atoms with Crippen molar-refractivity contribution in [1.29, 1.82) is 0 Å². The summed E-state index contributed by atoms with van der Waals surface area (Å²) in [6.45, 7) is 3.67. The van der Waals surface area contributed by atoms with Crippen LogP contribution >= 0.6 is 0 Å². The number of benzene rings is 2. The highest BCUT2D eigenvalue weighted by Gasteiger charge is 2.28. The van der Waals surface area contributed by atoms with Crippen molar-refractivity contribution in [2.24, 2.45) is 11.7 Å². The molecular formula is C22H27N3O4. The van der Waals surface area contributed by atoms with E-state index in [-0.39, 0.29) is 18.9 Å². The molecule has 4 N–H and O–H groups in total. The maximum atomic E-state index is 12.7. The maximum absolute atomic E-state index is 12.7. The average molecular weight is 397 g/mol. The maximum Gasteiger partial charge on any atom is 0.408 e. The normalized spacial score (nSPS) is 12.7. The Morgan fingerprint density at radius 1 is 0.897 bits per heavy atom. The van der Waals surface area contributed by atoms with Crippen molar-refractivity contribution in [1.82, 2.24) is 10.6 Å². The van der Waals surface area contributed by atoms with Gasteiger partial charge in [-0.3, -0.25) is 9.59 Å². The first kappa shape index (κ1) is 21.9. The molecule has 0 saturated carbocycles. The van der Waals surface area contributed by atoms with Crippen LogP contribution in [0.3, 0.4) is 0 Å². The number of hydrogen-bond acceptors (Lipinski definition) is 4. The fourth-order valence-electron chi connectivity index (χ4n) is 2.76. The molecule has 0 saturated heterocycles. The number of rotatable bonds is 9. The zero-order chi connectivity index (χ0) is 21.2. The minimum Gasteiger partial charge on any atom is -0.445 e. The summed E-state index contributed by atoms with van der Waals surface area (Å²) in [6.07, 6.45) is -0.438. The van der Waals surface area contributed by atoms with Gasteiger partial charge in [0.1, 0.15) is 18.7 Å². The second kappa shape index (κ2) is 10.8. The van der Waals surface area contributed by atoms with Crippen molar-refractivity contribution in [3.05, 3.63) is 71.8 Å². The van der Waals surface area contributed by atoms with E-state index in [2.05, 4.69) is 10.6 Å². The molecule has 0 bridgehead atoms. The quantitative estimate of drug-likeness (QED) is 0.602. The molecule has 3 amide bonds. The molecule has 2 rings (SSSR count). The summed E-state index contributed by atoms with van der Waals surface area (Å²) in [5.41, 5.74) is 7.16. The number of nitrogens with one attached hydrogen (secondary N) is 2. The number of carbonyl (C=O) groups excluding carboxylic acids is 3. The standard InChI is InChI=1S/C22H27N3O4/c1-15(2)19(25-22(28)29-14-17-11-7-4-8-12-17)21(27)24-18(20(23)26)13-16-9-5-3-6-10-16/h3-12,15,18-19H,13-14H2,1-2H3,(H2,23,26)(H,24,27)(H,25,28)/t18-,19-/m1/s1. The Labute approximate surface area is 170 Å². The molecule has 154 valence electrons. The Hall–Kier alpha value is -3.35. The van der Waals surface area contributed by atoms with Gasteiger partial charge in [0.2, 0.25) is 11.8 Å². The molecule has 29 heavy (non-hydrogen) atoms. The van der Waals surface area contributed by atoms with Crippen LogP contribution in [-0.4, -0.2) is 30.0 Å². The molecule has 0 unspecified atom stereocenters. The van der Waals surface area contributed by atoms with Gasteiger partial charge < -0.3 is 21.1 Å². The van der Waals surface area contributed by atoms with Crippen LogP contribution in [0.1, 0.15) is 25.0 Å². The molecule has 7 nitrogen and oxygen atoms in total. The summed E-state index contributed by atoms with van der Waals surface area (Å²) in [4.78, 5) is 36.7. The molecule has 0 fully saturated rings. The molecule has 2 atom stereocenters. The van der Waals surface area contributed by atoms with E-state index in [0.29, 0.717) is 0 Å².